The maximum absolute atomic E-state index is 11.8. The van der Waals surface area contributed by atoms with Crippen molar-refractivity contribution in [2.24, 2.45) is 0 Å². The molecule has 0 bridgehead atoms. The van der Waals surface area contributed by atoms with E-state index >= 15 is 0 Å². The van der Waals surface area contributed by atoms with Gasteiger partial charge in [0.25, 0.3) is 5.91 Å². The van der Waals surface area contributed by atoms with Crippen LogP contribution in [0.3, 0.4) is 0 Å². The predicted octanol–water partition coefficient (Wildman–Crippen LogP) is 1.82. The molecular formula is C11H12N2OS. The van der Waals surface area contributed by atoms with E-state index in [0.29, 0.717) is 0 Å². The van der Waals surface area contributed by atoms with Gasteiger partial charge in [0, 0.05) is 11.8 Å². The molecule has 3 nitrogen and oxygen atoms in total. The monoisotopic (exact) mass is 220 g/mol. The predicted molar refractivity (Wildman–Crippen MR) is 62.3 cm³/mol. The van der Waals surface area contributed by atoms with Gasteiger partial charge in [-0.2, -0.15) is 0 Å². The fourth-order valence-corrected chi connectivity index (χ4v) is 2.03. The molecule has 1 aromatic carbocycles. The van der Waals surface area contributed by atoms with Crippen LogP contribution in [-0.4, -0.2) is 11.4 Å². The van der Waals surface area contributed by atoms with Crippen molar-refractivity contribution in [3.05, 3.63) is 47.0 Å². The number of nitrogens with one attached hydrogen (secondary N) is 2. The highest BCUT2D eigenvalue weighted by Crippen LogP contribution is 2.14. The third kappa shape index (κ3) is 2.33. The molecule has 1 heterocycles. The number of carbonyl (C=O) groups excluding carboxylic acids is 1. The van der Waals surface area contributed by atoms with Crippen LogP contribution in [0.25, 0.3) is 0 Å². The molecule has 78 valence electrons. The number of carbonyl (C=O) groups is 1. The van der Waals surface area contributed by atoms with Gasteiger partial charge in [-0.15, -0.1) is 0 Å². The van der Waals surface area contributed by atoms with Gasteiger partial charge in [0.2, 0.25) is 0 Å². The summed E-state index contributed by atoms with van der Waals surface area (Å²) >= 11 is 1.55. The molecule has 0 spiro atoms. The second-order valence-electron chi connectivity index (χ2n) is 3.27. The zero-order valence-electron chi connectivity index (χ0n) is 8.36. The first-order valence-electron chi connectivity index (χ1n) is 4.70. The van der Waals surface area contributed by atoms with Crippen LogP contribution in [0.2, 0.25) is 0 Å². The van der Waals surface area contributed by atoms with Crippen molar-refractivity contribution in [1.82, 2.24) is 10.6 Å². The molecule has 0 fully saturated rings. The van der Waals surface area contributed by atoms with E-state index in [0.717, 1.165) is 11.1 Å². The summed E-state index contributed by atoms with van der Waals surface area (Å²) in [6, 6.07) is 7.56. The lowest BCUT2D eigenvalue weighted by Gasteiger charge is -2.13. The molecule has 1 atom stereocenters. The number of hydrogen-bond acceptors (Lipinski definition) is 3. The molecule has 1 unspecified atom stereocenters. The summed E-state index contributed by atoms with van der Waals surface area (Å²) in [5, 5.41) is 7.83. The average Bonchev–Trinajstić information content (AvgIpc) is 2.71. The van der Waals surface area contributed by atoms with Gasteiger partial charge < -0.3 is 10.6 Å². The quantitative estimate of drug-likeness (QED) is 0.798. The molecule has 0 aromatic heterocycles. The van der Waals surface area contributed by atoms with Crippen LogP contribution < -0.4 is 10.6 Å². The highest BCUT2D eigenvalue weighted by molar-refractivity contribution is 8.02. The van der Waals surface area contributed by atoms with E-state index in [1.807, 2.05) is 42.8 Å². The highest BCUT2D eigenvalue weighted by Gasteiger charge is 2.15. The fraction of sp³-hybridized carbons (Fsp3) is 0.182. The average molecular weight is 220 g/mol. The minimum atomic E-state index is -0.0443. The van der Waals surface area contributed by atoms with Crippen LogP contribution in [0.1, 0.15) is 15.9 Å². The molecular weight excluding hydrogens is 208 g/mol. The normalized spacial score (nSPS) is 18.6. The standard InChI is InChI=1S/C11H12N2OS/c1-8-4-2-3-5-9(8)10(14)13-11-12-6-7-15-11/h2-7,11-12H,1H3,(H,13,14). The molecule has 1 aliphatic rings. The fourth-order valence-electron chi connectivity index (χ4n) is 1.38. The van der Waals surface area contributed by atoms with Crippen LogP contribution >= 0.6 is 11.8 Å². The summed E-state index contributed by atoms with van der Waals surface area (Å²) in [5.41, 5.74) is 1.68. The molecule has 0 saturated heterocycles. The number of benzene rings is 1. The molecule has 2 rings (SSSR count). The molecule has 0 saturated carbocycles. The second kappa shape index (κ2) is 4.40. The first-order chi connectivity index (χ1) is 7.27. The highest BCUT2D eigenvalue weighted by atomic mass is 32.2. The number of hydrogen-bond donors (Lipinski definition) is 2. The van der Waals surface area contributed by atoms with Crippen molar-refractivity contribution in [3.8, 4) is 0 Å². The molecule has 1 aromatic rings. The van der Waals surface area contributed by atoms with Crippen molar-refractivity contribution >= 4 is 17.7 Å². The molecule has 15 heavy (non-hydrogen) atoms. The van der Waals surface area contributed by atoms with Gasteiger partial charge in [-0.25, -0.2) is 0 Å². The van der Waals surface area contributed by atoms with Crippen molar-refractivity contribution in [2.75, 3.05) is 0 Å². The Morgan fingerprint density at radius 2 is 2.27 bits per heavy atom. The summed E-state index contributed by atoms with van der Waals surface area (Å²) in [7, 11) is 0. The van der Waals surface area contributed by atoms with E-state index in [1.165, 1.54) is 0 Å². The Hall–Kier alpha value is -1.42. The summed E-state index contributed by atoms with van der Waals surface area (Å²) in [5.74, 6) is -0.0400. The van der Waals surface area contributed by atoms with Crippen molar-refractivity contribution < 1.29 is 4.79 Å². The Bertz CT molecular complexity index is 395. The number of rotatable bonds is 2. The van der Waals surface area contributed by atoms with Gasteiger partial charge in [-0.1, -0.05) is 30.0 Å². The summed E-state index contributed by atoms with van der Waals surface area (Å²) < 4.78 is 0. The van der Waals surface area contributed by atoms with Crippen LogP contribution in [0, 0.1) is 6.92 Å². The zero-order chi connectivity index (χ0) is 10.7. The van der Waals surface area contributed by atoms with Crippen LogP contribution in [0.15, 0.2) is 35.9 Å². The van der Waals surface area contributed by atoms with Crippen molar-refractivity contribution in [3.63, 3.8) is 0 Å². The maximum Gasteiger partial charge on any atom is 0.253 e. The Kier molecular flexibility index (Phi) is 2.97. The number of amides is 1. The largest absolute Gasteiger partial charge is 0.362 e. The Balaban J connectivity index is 2.05. The molecule has 1 aliphatic heterocycles. The summed E-state index contributed by atoms with van der Waals surface area (Å²) in [6.07, 6.45) is 1.83. The minimum Gasteiger partial charge on any atom is -0.362 e. The van der Waals surface area contributed by atoms with Gasteiger partial charge in [0.15, 0.2) is 5.50 Å². The van der Waals surface area contributed by atoms with Crippen LogP contribution in [0.5, 0.6) is 0 Å². The first kappa shape index (κ1) is 10.1. The van der Waals surface area contributed by atoms with E-state index < -0.39 is 0 Å². The van der Waals surface area contributed by atoms with E-state index in [9.17, 15) is 4.79 Å². The lowest BCUT2D eigenvalue weighted by atomic mass is 10.1. The minimum absolute atomic E-state index is 0.0400. The lowest BCUT2D eigenvalue weighted by Crippen LogP contribution is -2.38. The molecule has 4 heteroatoms. The molecule has 0 radical (unpaired) electrons. The summed E-state index contributed by atoms with van der Waals surface area (Å²) in [6.45, 7) is 1.93. The van der Waals surface area contributed by atoms with Gasteiger partial charge in [-0.05, 0) is 24.0 Å². The van der Waals surface area contributed by atoms with E-state index in [2.05, 4.69) is 10.6 Å². The number of aryl methyl sites for hydroxylation is 1. The molecule has 1 amide bonds. The second-order valence-corrected chi connectivity index (χ2v) is 4.29. The smallest absolute Gasteiger partial charge is 0.253 e. The Labute approximate surface area is 92.9 Å². The number of thioether (sulfide) groups is 1. The summed E-state index contributed by atoms with van der Waals surface area (Å²) in [4.78, 5) is 11.8. The topological polar surface area (TPSA) is 41.1 Å². The maximum atomic E-state index is 11.8. The van der Waals surface area contributed by atoms with Crippen molar-refractivity contribution in [1.29, 1.82) is 0 Å². The van der Waals surface area contributed by atoms with E-state index in [4.69, 9.17) is 0 Å². The van der Waals surface area contributed by atoms with Gasteiger partial charge in [-0.3, -0.25) is 4.79 Å². The lowest BCUT2D eigenvalue weighted by molar-refractivity contribution is 0.0947. The Morgan fingerprint density at radius 1 is 1.47 bits per heavy atom. The van der Waals surface area contributed by atoms with Crippen LogP contribution in [0.4, 0.5) is 0 Å². The van der Waals surface area contributed by atoms with E-state index in [-0.39, 0.29) is 11.4 Å². The third-order valence-corrected chi connectivity index (χ3v) is 3.00. The van der Waals surface area contributed by atoms with Crippen LogP contribution in [-0.2, 0) is 0 Å². The third-order valence-electron chi connectivity index (χ3n) is 2.18. The zero-order valence-corrected chi connectivity index (χ0v) is 9.17. The molecule has 0 aliphatic carbocycles. The van der Waals surface area contributed by atoms with E-state index in [1.54, 1.807) is 11.8 Å². The van der Waals surface area contributed by atoms with Gasteiger partial charge >= 0.3 is 0 Å². The molecule has 2 N–H and O–H groups in total. The first-order valence-corrected chi connectivity index (χ1v) is 5.65. The Morgan fingerprint density at radius 3 is 2.93 bits per heavy atom. The van der Waals surface area contributed by atoms with Gasteiger partial charge in [0.05, 0.1) is 0 Å². The van der Waals surface area contributed by atoms with Gasteiger partial charge in [0.1, 0.15) is 0 Å². The SMILES string of the molecule is Cc1ccccc1C(=O)NC1NC=CS1. The van der Waals surface area contributed by atoms with Crippen molar-refractivity contribution in [2.45, 2.75) is 12.4 Å².